The SMILES string of the molecule is COC[C@@H]1C[C@H](OC)CN1C(=O)CCc1ccc(C(=O)O)cc1. The number of amides is 1. The molecule has 6 nitrogen and oxygen atoms in total. The number of nitrogens with zero attached hydrogens (tertiary/aromatic N) is 1. The molecule has 1 aromatic rings. The van der Waals surface area contributed by atoms with Crippen LogP contribution in [0.15, 0.2) is 24.3 Å². The van der Waals surface area contributed by atoms with Crippen molar-refractivity contribution in [3.63, 3.8) is 0 Å². The smallest absolute Gasteiger partial charge is 0.335 e. The Morgan fingerprint density at radius 3 is 2.52 bits per heavy atom. The summed E-state index contributed by atoms with van der Waals surface area (Å²) in [6.07, 6.45) is 1.84. The van der Waals surface area contributed by atoms with Gasteiger partial charge in [-0.3, -0.25) is 4.79 Å². The summed E-state index contributed by atoms with van der Waals surface area (Å²) in [6, 6.07) is 6.70. The van der Waals surface area contributed by atoms with Crippen LogP contribution in [0.1, 0.15) is 28.8 Å². The van der Waals surface area contributed by atoms with Crippen LogP contribution < -0.4 is 0 Å². The maximum absolute atomic E-state index is 12.5. The third-order valence-corrected chi connectivity index (χ3v) is 4.22. The molecule has 1 heterocycles. The molecule has 0 spiro atoms. The number of likely N-dealkylation sites (tertiary alicyclic amines) is 1. The predicted molar refractivity (Wildman–Crippen MR) is 84.5 cm³/mol. The summed E-state index contributed by atoms with van der Waals surface area (Å²) in [4.78, 5) is 25.1. The molecule has 1 aliphatic heterocycles. The van der Waals surface area contributed by atoms with Crippen LogP contribution in [0.4, 0.5) is 0 Å². The van der Waals surface area contributed by atoms with Gasteiger partial charge in [0.2, 0.25) is 5.91 Å². The number of hydrogen-bond acceptors (Lipinski definition) is 4. The molecule has 1 fully saturated rings. The zero-order valence-corrected chi connectivity index (χ0v) is 13.5. The number of rotatable bonds is 7. The lowest BCUT2D eigenvalue weighted by Gasteiger charge is -2.23. The van der Waals surface area contributed by atoms with Crippen molar-refractivity contribution in [1.29, 1.82) is 0 Å². The molecule has 1 N–H and O–H groups in total. The van der Waals surface area contributed by atoms with Gasteiger partial charge in [0.1, 0.15) is 0 Å². The number of aryl methyl sites for hydroxylation is 1. The largest absolute Gasteiger partial charge is 0.478 e. The molecule has 2 atom stereocenters. The molecule has 23 heavy (non-hydrogen) atoms. The van der Waals surface area contributed by atoms with Crippen molar-refractivity contribution in [2.24, 2.45) is 0 Å². The zero-order valence-electron chi connectivity index (χ0n) is 13.5. The van der Waals surface area contributed by atoms with E-state index in [0.717, 1.165) is 12.0 Å². The predicted octanol–water partition coefficient (Wildman–Crippen LogP) is 1.58. The third-order valence-electron chi connectivity index (χ3n) is 4.22. The standard InChI is InChI=1S/C17H23NO5/c1-22-11-14-9-15(23-2)10-18(14)16(19)8-5-12-3-6-13(7-4-12)17(20)21/h3-4,6-7,14-15H,5,8-11H2,1-2H3,(H,20,21)/t14-,15-/m0/s1. The van der Waals surface area contributed by atoms with Crippen LogP contribution in [-0.4, -0.2) is 61.4 Å². The van der Waals surface area contributed by atoms with Gasteiger partial charge >= 0.3 is 5.97 Å². The first-order valence-corrected chi connectivity index (χ1v) is 7.68. The molecule has 2 rings (SSSR count). The molecule has 1 aliphatic rings. The van der Waals surface area contributed by atoms with Crippen LogP contribution in [0.5, 0.6) is 0 Å². The van der Waals surface area contributed by atoms with Crippen LogP contribution in [-0.2, 0) is 20.7 Å². The first-order chi connectivity index (χ1) is 11.0. The Hall–Kier alpha value is -1.92. The van der Waals surface area contributed by atoms with Crippen molar-refractivity contribution in [3.05, 3.63) is 35.4 Å². The fourth-order valence-corrected chi connectivity index (χ4v) is 2.91. The molecule has 0 radical (unpaired) electrons. The van der Waals surface area contributed by atoms with Crippen molar-refractivity contribution in [2.75, 3.05) is 27.4 Å². The lowest BCUT2D eigenvalue weighted by molar-refractivity contribution is -0.133. The molecule has 1 aromatic carbocycles. The molecule has 0 saturated carbocycles. The molecule has 0 aromatic heterocycles. The Bertz CT molecular complexity index is 542. The van der Waals surface area contributed by atoms with Gasteiger partial charge in [0.25, 0.3) is 0 Å². The topological polar surface area (TPSA) is 76.1 Å². The van der Waals surface area contributed by atoms with Gasteiger partial charge in [0, 0.05) is 27.2 Å². The molecule has 6 heteroatoms. The lowest BCUT2D eigenvalue weighted by Crippen LogP contribution is -2.38. The first kappa shape index (κ1) is 17.4. The van der Waals surface area contributed by atoms with Gasteiger partial charge in [0.05, 0.1) is 24.3 Å². The fraction of sp³-hybridized carbons (Fsp3) is 0.529. The number of carboxylic acids is 1. The summed E-state index contributed by atoms with van der Waals surface area (Å²) >= 11 is 0. The highest BCUT2D eigenvalue weighted by Gasteiger charge is 2.34. The number of carbonyl (C=O) groups excluding carboxylic acids is 1. The number of aromatic carboxylic acids is 1. The molecule has 0 aliphatic carbocycles. The average molecular weight is 321 g/mol. The average Bonchev–Trinajstić information content (AvgIpc) is 2.96. The highest BCUT2D eigenvalue weighted by Crippen LogP contribution is 2.21. The second-order valence-electron chi connectivity index (χ2n) is 5.75. The molecule has 1 amide bonds. The monoisotopic (exact) mass is 321 g/mol. The van der Waals surface area contributed by atoms with Gasteiger partial charge in [-0.25, -0.2) is 4.79 Å². The number of carboxylic acid groups (broad SMARTS) is 1. The minimum atomic E-state index is -0.947. The van der Waals surface area contributed by atoms with Crippen molar-refractivity contribution in [2.45, 2.75) is 31.4 Å². The quantitative estimate of drug-likeness (QED) is 0.825. The van der Waals surface area contributed by atoms with Gasteiger partial charge in [-0.2, -0.15) is 0 Å². The van der Waals surface area contributed by atoms with Gasteiger partial charge in [-0.05, 0) is 30.5 Å². The summed E-state index contributed by atoms with van der Waals surface area (Å²) in [5.74, 6) is -0.869. The number of benzene rings is 1. The van der Waals surface area contributed by atoms with E-state index in [2.05, 4.69) is 0 Å². The number of carbonyl (C=O) groups is 2. The minimum Gasteiger partial charge on any atom is -0.478 e. The Labute approximate surface area is 136 Å². The summed E-state index contributed by atoms with van der Waals surface area (Å²) in [7, 11) is 3.29. The van der Waals surface area contributed by atoms with Gasteiger partial charge in [0.15, 0.2) is 0 Å². The van der Waals surface area contributed by atoms with Gasteiger partial charge in [-0.15, -0.1) is 0 Å². The Balaban J connectivity index is 1.91. The Kier molecular flexibility index (Phi) is 6.12. The van der Waals surface area contributed by atoms with E-state index in [1.807, 2.05) is 4.90 Å². The van der Waals surface area contributed by atoms with E-state index < -0.39 is 5.97 Å². The minimum absolute atomic E-state index is 0.0619. The number of methoxy groups -OCH3 is 2. The zero-order chi connectivity index (χ0) is 16.8. The molecular weight excluding hydrogens is 298 g/mol. The van der Waals surface area contributed by atoms with Crippen LogP contribution in [0.25, 0.3) is 0 Å². The van der Waals surface area contributed by atoms with Gasteiger partial charge < -0.3 is 19.5 Å². The van der Waals surface area contributed by atoms with Crippen LogP contribution in [0.2, 0.25) is 0 Å². The van der Waals surface area contributed by atoms with Crippen molar-refractivity contribution in [1.82, 2.24) is 4.90 Å². The molecule has 0 unspecified atom stereocenters. The molecule has 1 saturated heterocycles. The van der Waals surface area contributed by atoms with E-state index in [1.54, 1.807) is 38.5 Å². The summed E-state index contributed by atoms with van der Waals surface area (Å²) < 4.78 is 10.6. The van der Waals surface area contributed by atoms with E-state index in [1.165, 1.54) is 0 Å². The van der Waals surface area contributed by atoms with Crippen LogP contribution in [0.3, 0.4) is 0 Å². The van der Waals surface area contributed by atoms with E-state index in [0.29, 0.717) is 26.0 Å². The first-order valence-electron chi connectivity index (χ1n) is 7.68. The van der Waals surface area contributed by atoms with Crippen LogP contribution in [0, 0.1) is 0 Å². The summed E-state index contributed by atoms with van der Waals surface area (Å²) in [6.45, 7) is 1.11. The van der Waals surface area contributed by atoms with E-state index >= 15 is 0 Å². The van der Waals surface area contributed by atoms with Crippen molar-refractivity contribution >= 4 is 11.9 Å². The Morgan fingerprint density at radius 2 is 1.96 bits per heavy atom. The van der Waals surface area contributed by atoms with Crippen molar-refractivity contribution in [3.8, 4) is 0 Å². The normalized spacial score (nSPS) is 20.7. The molecule has 0 bridgehead atoms. The summed E-state index contributed by atoms with van der Waals surface area (Å²) in [5, 5.41) is 8.88. The second kappa shape index (κ2) is 8.08. The highest BCUT2D eigenvalue weighted by atomic mass is 16.5. The van der Waals surface area contributed by atoms with E-state index in [4.69, 9.17) is 14.6 Å². The van der Waals surface area contributed by atoms with E-state index in [9.17, 15) is 9.59 Å². The molecule has 126 valence electrons. The molecular formula is C17H23NO5. The third kappa shape index (κ3) is 4.53. The lowest BCUT2D eigenvalue weighted by atomic mass is 10.1. The van der Waals surface area contributed by atoms with E-state index in [-0.39, 0.29) is 23.6 Å². The maximum Gasteiger partial charge on any atom is 0.335 e. The highest BCUT2D eigenvalue weighted by molar-refractivity contribution is 5.87. The Morgan fingerprint density at radius 1 is 1.26 bits per heavy atom. The van der Waals surface area contributed by atoms with Crippen LogP contribution >= 0.6 is 0 Å². The number of hydrogen-bond donors (Lipinski definition) is 1. The fourth-order valence-electron chi connectivity index (χ4n) is 2.91. The summed E-state index contributed by atoms with van der Waals surface area (Å²) in [5.41, 5.74) is 1.21. The maximum atomic E-state index is 12.5. The van der Waals surface area contributed by atoms with Crippen molar-refractivity contribution < 1.29 is 24.2 Å². The number of ether oxygens (including phenoxy) is 2. The second-order valence-corrected chi connectivity index (χ2v) is 5.75. The van der Waals surface area contributed by atoms with Gasteiger partial charge in [-0.1, -0.05) is 12.1 Å².